The first-order valence-corrected chi connectivity index (χ1v) is 10.2. The first-order valence-electron chi connectivity index (χ1n) is 9.82. The number of carbonyl (C=O) groups excluding carboxylic acids is 1. The summed E-state index contributed by atoms with van der Waals surface area (Å²) in [6, 6.07) is 14.7. The Hall–Kier alpha value is -3.59. The lowest BCUT2D eigenvalue weighted by Crippen LogP contribution is -2.23. The average Bonchev–Trinajstić information content (AvgIpc) is 3.13. The molecule has 10 heteroatoms. The van der Waals surface area contributed by atoms with Gasteiger partial charge in [-0.1, -0.05) is 53.6 Å². The van der Waals surface area contributed by atoms with Crippen molar-refractivity contribution in [1.82, 2.24) is 19.9 Å². The maximum absolute atomic E-state index is 13.8. The predicted octanol–water partition coefficient (Wildman–Crippen LogP) is 5.32. The maximum atomic E-state index is 13.8. The van der Waals surface area contributed by atoms with Crippen molar-refractivity contribution in [2.24, 2.45) is 0 Å². The topological polar surface area (TPSA) is 68.5 Å². The number of alkyl halides is 3. The number of ether oxygens (including phenoxy) is 1. The molecular weight excluding hydrogens is 457 g/mol. The number of halogens is 4. The second kappa shape index (κ2) is 8.74. The van der Waals surface area contributed by atoms with Crippen molar-refractivity contribution in [3.05, 3.63) is 82.1 Å². The Morgan fingerprint density at radius 1 is 1.12 bits per heavy atom. The Bertz CT molecular complexity index is 1320. The summed E-state index contributed by atoms with van der Waals surface area (Å²) in [6.45, 7) is 1.99. The monoisotopic (exact) mass is 474 g/mol. The third-order valence-electron chi connectivity index (χ3n) is 5.00. The van der Waals surface area contributed by atoms with Crippen LogP contribution < -0.4 is 10.1 Å². The van der Waals surface area contributed by atoms with E-state index in [2.05, 4.69) is 15.4 Å². The Balaban J connectivity index is 1.71. The summed E-state index contributed by atoms with van der Waals surface area (Å²) in [6.07, 6.45) is -4.74. The lowest BCUT2D eigenvalue weighted by molar-refractivity contribution is -0.142. The van der Waals surface area contributed by atoms with Crippen LogP contribution in [-0.2, 0) is 12.7 Å². The van der Waals surface area contributed by atoms with Crippen LogP contribution in [0.15, 0.2) is 54.6 Å². The zero-order valence-corrected chi connectivity index (χ0v) is 18.3. The second-order valence-electron chi connectivity index (χ2n) is 7.32. The van der Waals surface area contributed by atoms with Crippen LogP contribution in [0.3, 0.4) is 0 Å². The van der Waals surface area contributed by atoms with Crippen LogP contribution in [0, 0.1) is 6.92 Å². The highest BCUT2D eigenvalue weighted by molar-refractivity contribution is 6.36. The summed E-state index contributed by atoms with van der Waals surface area (Å²) in [5.74, 6) is -0.0602. The largest absolute Gasteiger partial charge is 0.497 e. The number of rotatable bonds is 5. The third-order valence-corrected chi connectivity index (χ3v) is 5.35. The summed E-state index contributed by atoms with van der Waals surface area (Å²) in [4.78, 5) is 16.9. The molecule has 0 unspecified atom stereocenters. The van der Waals surface area contributed by atoms with Gasteiger partial charge >= 0.3 is 6.18 Å². The van der Waals surface area contributed by atoms with Crippen LogP contribution in [0.1, 0.15) is 27.3 Å². The first-order chi connectivity index (χ1) is 15.7. The van der Waals surface area contributed by atoms with E-state index in [9.17, 15) is 18.0 Å². The highest BCUT2D eigenvalue weighted by atomic mass is 35.5. The standard InChI is InChI=1S/C23H18ClF3N4O2/c1-13-3-7-15(8-4-13)17-11-18(23(25,26)27)31-21(29-17)19(24)20(30-31)22(32)28-12-14-5-9-16(33-2)10-6-14/h3-11H,12H2,1-2H3,(H,28,32). The minimum atomic E-state index is -4.74. The van der Waals surface area contributed by atoms with Gasteiger partial charge in [0, 0.05) is 12.1 Å². The number of benzene rings is 2. The van der Waals surface area contributed by atoms with Crippen LogP contribution in [0.5, 0.6) is 5.75 Å². The molecule has 1 amide bonds. The molecule has 0 aliphatic carbocycles. The van der Waals surface area contributed by atoms with E-state index in [1.807, 2.05) is 6.92 Å². The summed E-state index contributed by atoms with van der Waals surface area (Å²) < 4.78 is 47.1. The second-order valence-corrected chi connectivity index (χ2v) is 7.70. The first kappa shape index (κ1) is 22.6. The summed E-state index contributed by atoms with van der Waals surface area (Å²) in [5, 5.41) is 6.19. The van der Waals surface area contributed by atoms with E-state index < -0.39 is 17.8 Å². The Labute approximate surface area is 192 Å². The van der Waals surface area contributed by atoms with Crippen LogP contribution in [0.25, 0.3) is 16.9 Å². The number of amides is 1. The molecule has 0 aliphatic rings. The predicted molar refractivity (Wildman–Crippen MR) is 117 cm³/mol. The van der Waals surface area contributed by atoms with Crippen molar-refractivity contribution in [3.63, 3.8) is 0 Å². The molecule has 0 radical (unpaired) electrons. The molecule has 170 valence electrons. The minimum absolute atomic E-state index is 0.0711. The molecule has 2 aromatic heterocycles. The number of aromatic nitrogens is 3. The van der Waals surface area contributed by atoms with E-state index in [1.54, 1.807) is 48.5 Å². The van der Waals surface area contributed by atoms with Crippen LogP contribution in [0.4, 0.5) is 13.2 Å². The van der Waals surface area contributed by atoms with Crippen molar-refractivity contribution in [2.75, 3.05) is 7.11 Å². The molecule has 0 atom stereocenters. The van der Waals surface area contributed by atoms with Gasteiger partial charge in [-0.25, -0.2) is 9.50 Å². The molecule has 0 saturated heterocycles. The molecule has 1 N–H and O–H groups in total. The van der Waals surface area contributed by atoms with Gasteiger partial charge in [0.1, 0.15) is 10.8 Å². The zero-order chi connectivity index (χ0) is 23.8. The number of fused-ring (bicyclic) bond motifs is 1. The lowest BCUT2D eigenvalue weighted by atomic mass is 10.1. The van der Waals surface area contributed by atoms with Crippen LogP contribution in [-0.4, -0.2) is 27.6 Å². The van der Waals surface area contributed by atoms with Crippen LogP contribution >= 0.6 is 11.6 Å². The van der Waals surface area contributed by atoms with E-state index in [-0.39, 0.29) is 28.6 Å². The number of hydrogen-bond acceptors (Lipinski definition) is 4. The van der Waals surface area contributed by atoms with Gasteiger partial charge in [-0.2, -0.15) is 18.3 Å². The molecule has 4 aromatic rings. The van der Waals surface area contributed by atoms with E-state index in [4.69, 9.17) is 16.3 Å². The molecule has 2 aromatic carbocycles. The molecule has 0 spiro atoms. The fourth-order valence-corrected chi connectivity index (χ4v) is 3.47. The SMILES string of the molecule is COc1ccc(CNC(=O)c2nn3c(C(F)(F)F)cc(-c4ccc(C)cc4)nc3c2Cl)cc1. The molecular formula is C23H18ClF3N4O2. The molecule has 33 heavy (non-hydrogen) atoms. The molecule has 0 fully saturated rings. The number of nitrogens with zero attached hydrogens (tertiary/aromatic N) is 3. The highest BCUT2D eigenvalue weighted by Gasteiger charge is 2.36. The maximum Gasteiger partial charge on any atom is 0.433 e. The number of aryl methyl sites for hydroxylation is 1. The van der Waals surface area contributed by atoms with Gasteiger partial charge in [-0.05, 0) is 30.7 Å². The Morgan fingerprint density at radius 3 is 2.39 bits per heavy atom. The molecule has 6 nitrogen and oxygen atoms in total. The number of carbonyl (C=O) groups is 1. The van der Waals surface area contributed by atoms with Crippen molar-refractivity contribution >= 4 is 23.2 Å². The Morgan fingerprint density at radius 2 is 1.79 bits per heavy atom. The van der Waals surface area contributed by atoms with Gasteiger partial charge < -0.3 is 10.1 Å². The average molecular weight is 475 g/mol. The van der Waals surface area contributed by atoms with Crippen molar-refractivity contribution in [1.29, 1.82) is 0 Å². The Kier molecular flexibility index (Phi) is 5.99. The minimum Gasteiger partial charge on any atom is -0.497 e. The summed E-state index contributed by atoms with van der Waals surface area (Å²) in [5.41, 5.74) is 0.590. The van der Waals surface area contributed by atoms with E-state index in [0.29, 0.717) is 15.8 Å². The summed E-state index contributed by atoms with van der Waals surface area (Å²) in [7, 11) is 1.54. The van der Waals surface area contributed by atoms with Gasteiger partial charge in [0.15, 0.2) is 17.0 Å². The van der Waals surface area contributed by atoms with Gasteiger partial charge in [-0.3, -0.25) is 4.79 Å². The lowest BCUT2D eigenvalue weighted by Gasteiger charge is -2.11. The molecule has 2 heterocycles. The van der Waals surface area contributed by atoms with Gasteiger partial charge in [0.2, 0.25) is 0 Å². The normalized spacial score (nSPS) is 11.6. The molecule has 4 rings (SSSR count). The summed E-state index contributed by atoms with van der Waals surface area (Å²) >= 11 is 6.29. The van der Waals surface area contributed by atoms with Crippen molar-refractivity contribution in [2.45, 2.75) is 19.6 Å². The van der Waals surface area contributed by atoms with Crippen molar-refractivity contribution in [3.8, 4) is 17.0 Å². The quantitative estimate of drug-likeness (QED) is 0.425. The zero-order valence-electron chi connectivity index (χ0n) is 17.6. The van der Waals surface area contributed by atoms with Crippen molar-refractivity contribution < 1.29 is 22.7 Å². The fraction of sp³-hybridized carbons (Fsp3) is 0.174. The van der Waals surface area contributed by atoms with Gasteiger partial charge in [0.05, 0.1) is 12.8 Å². The van der Waals surface area contributed by atoms with E-state index in [1.165, 1.54) is 7.11 Å². The molecule has 0 aliphatic heterocycles. The molecule has 0 bridgehead atoms. The molecule has 0 saturated carbocycles. The van der Waals surface area contributed by atoms with Gasteiger partial charge in [-0.15, -0.1) is 0 Å². The van der Waals surface area contributed by atoms with E-state index >= 15 is 0 Å². The number of nitrogens with one attached hydrogen (secondary N) is 1. The smallest absolute Gasteiger partial charge is 0.433 e. The number of methoxy groups -OCH3 is 1. The van der Waals surface area contributed by atoms with Crippen LogP contribution in [0.2, 0.25) is 5.02 Å². The fourth-order valence-electron chi connectivity index (χ4n) is 3.22. The highest BCUT2D eigenvalue weighted by Crippen LogP contribution is 2.34. The third kappa shape index (κ3) is 4.63. The van der Waals surface area contributed by atoms with E-state index in [0.717, 1.165) is 17.2 Å². The number of hydrogen-bond donors (Lipinski definition) is 1. The van der Waals surface area contributed by atoms with Gasteiger partial charge in [0.25, 0.3) is 5.91 Å².